The smallest absolute Gasteiger partial charge is 0.224 e. The molecule has 0 aliphatic heterocycles. The van der Waals surface area contributed by atoms with Gasteiger partial charge in [0.05, 0.1) is 28.1 Å². The first-order valence-corrected chi connectivity index (χ1v) is 11.6. The van der Waals surface area contributed by atoms with E-state index in [9.17, 15) is 19.7 Å². The molecule has 8 nitrogen and oxygen atoms in total. The number of rotatable bonds is 9. The van der Waals surface area contributed by atoms with Gasteiger partial charge in [-0.05, 0) is 31.4 Å². The summed E-state index contributed by atoms with van der Waals surface area (Å²) in [5, 5.41) is 37.5. The topological polar surface area (TPSA) is 123 Å². The molecule has 0 radical (unpaired) electrons. The highest BCUT2D eigenvalue weighted by molar-refractivity contribution is 7.21. The maximum absolute atomic E-state index is 12.5. The third-order valence-corrected chi connectivity index (χ3v) is 7.00. The van der Waals surface area contributed by atoms with Crippen LogP contribution in [0.15, 0.2) is 24.3 Å². The molecule has 5 N–H and O–H groups in total. The monoisotopic (exact) mass is 481 g/mol. The fraction of sp³-hybridized carbons (Fsp3) is 0.476. The molecule has 3 aromatic rings. The number of hydrogen-bond donors (Lipinski definition) is 5. The van der Waals surface area contributed by atoms with Crippen LogP contribution in [0.5, 0.6) is 0 Å². The molecular weight excluding hydrogens is 457 g/mol. The second-order valence-corrected chi connectivity index (χ2v) is 9.21. The van der Waals surface area contributed by atoms with Crippen LogP contribution >= 0.6 is 22.9 Å². The van der Waals surface area contributed by atoms with E-state index in [1.807, 2.05) is 24.3 Å². The minimum Gasteiger partial charge on any atom is -0.396 e. The number of anilines is 1. The van der Waals surface area contributed by atoms with Crippen molar-refractivity contribution in [3.63, 3.8) is 0 Å². The summed E-state index contributed by atoms with van der Waals surface area (Å²) in [5.74, 6) is -0.152. The fourth-order valence-electron chi connectivity index (χ4n) is 3.86. The van der Waals surface area contributed by atoms with Crippen LogP contribution in [-0.2, 0) is 6.54 Å². The molecule has 3 unspecified atom stereocenters. The van der Waals surface area contributed by atoms with Crippen LogP contribution in [0.25, 0.3) is 20.8 Å². The normalized spacial score (nSPS) is 23.2. The summed E-state index contributed by atoms with van der Waals surface area (Å²) >= 11 is 7.99. The number of halogens is 2. The Morgan fingerprint density at radius 2 is 2.06 bits per heavy atom. The molecule has 0 spiro atoms. The first-order chi connectivity index (χ1) is 15.4. The van der Waals surface area contributed by atoms with E-state index >= 15 is 0 Å². The first kappa shape index (κ1) is 23.2. The second kappa shape index (κ2) is 9.90. The van der Waals surface area contributed by atoms with Crippen molar-refractivity contribution in [2.45, 2.75) is 37.6 Å². The van der Waals surface area contributed by atoms with Crippen molar-refractivity contribution in [2.24, 2.45) is 5.92 Å². The molecule has 1 aliphatic rings. The number of hydrogen-bond acceptors (Lipinski definition) is 9. The summed E-state index contributed by atoms with van der Waals surface area (Å²) in [6.07, 6.45) is -0.0244. The van der Waals surface area contributed by atoms with E-state index in [0.29, 0.717) is 35.7 Å². The number of fused-ring (bicyclic) bond motifs is 1. The molecule has 2 aromatic heterocycles. The molecule has 4 rings (SSSR count). The number of aliphatic hydroxyl groups is 3. The number of nitrogens with one attached hydrogen (secondary N) is 2. The van der Waals surface area contributed by atoms with E-state index in [1.165, 1.54) is 11.3 Å². The lowest BCUT2D eigenvalue weighted by atomic mass is 10.0. The number of nitrogens with zero attached hydrogens (tertiary/aromatic N) is 3. The zero-order valence-electron chi connectivity index (χ0n) is 17.3. The van der Waals surface area contributed by atoms with Crippen molar-refractivity contribution in [3.8, 4) is 10.6 Å². The van der Waals surface area contributed by atoms with Crippen LogP contribution < -0.4 is 10.6 Å². The van der Waals surface area contributed by atoms with Gasteiger partial charge < -0.3 is 20.6 Å². The maximum Gasteiger partial charge on any atom is 0.224 e. The van der Waals surface area contributed by atoms with Gasteiger partial charge in [-0.2, -0.15) is 0 Å². The maximum atomic E-state index is 12.5. The van der Waals surface area contributed by atoms with Crippen LogP contribution in [0.2, 0.25) is 5.15 Å². The van der Waals surface area contributed by atoms with Gasteiger partial charge in [0.25, 0.3) is 0 Å². The summed E-state index contributed by atoms with van der Waals surface area (Å²) < 4.78 is 13.5. The van der Waals surface area contributed by atoms with E-state index in [0.717, 1.165) is 10.2 Å². The quantitative estimate of drug-likeness (QED) is 0.179. The van der Waals surface area contributed by atoms with Crippen molar-refractivity contribution >= 4 is 39.1 Å². The van der Waals surface area contributed by atoms with Crippen LogP contribution in [0.3, 0.4) is 0 Å². The molecule has 1 aromatic carbocycles. The number of aromatic nitrogens is 3. The zero-order valence-corrected chi connectivity index (χ0v) is 18.8. The fourth-order valence-corrected chi connectivity index (χ4v) is 5.23. The Kier molecular flexibility index (Phi) is 7.18. The molecule has 1 saturated carbocycles. The summed E-state index contributed by atoms with van der Waals surface area (Å²) in [7, 11) is 0. The van der Waals surface area contributed by atoms with Crippen LogP contribution in [0.1, 0.15) is 25.0 Å². The SMILES string of the molecule is OCC1CCC(O)(NCc2nc(NCCCF)nc(Cl)c2-c2nc3ccccc3s2)C1O. The highest BCUT2D eigenvalue weighted by Gasteiger charge is 2.46. The molecule has 172 valence electrons. The van der Waals surface area contributed by atoms with Crippen molar-refractivity contribution in [3.05, 3.63) is 35.1 Å². The van der Waals surface area contributed by atoms with E-state index in [4.69, 9.17) is 11.6 Å². The molecule has 0 saturated heterocycles. The molecule has 32 heavy (non-hydrogen) atoms. The average Bonchev–Trinajstić information content (AvgIpc) is 3.33. The third-order valence-electron chi connectivity index (χ3n) is 5.67. The van der Waals surface area contributed by atoms with Gasteiger partial charge in [-0.25, -0.2) is 15.0 Å². The summed E-state index contributed by atoms with van der Waals surface area (Å²) in [6.45, 7) is -0.238. The van der Waals surface area contributed by atoms with E-state index in [-0.39, 0.29) is 30.7 Å². The molecule has 1 fully saturated rings. The van der Waals surface area contributed by atoms with Crippen LogP contribution in [0.4, 0.5) is 10.3 Å². The molecule has 3 atom stereocenters. The van der Waals surface area contributed by atoms with Gasteiger partial charge in [0.1, 0.15) is 22.0 Å². The third kappa shape index (κ3) is 4.70. The number of benzene rings is 1. The lowest BCUT2D eigenvalue weighted by molar-refractivity contribution is -0.0964. The van der Waals surface area contributed by atoms with Gasteiger partial charge in [0.2, 0.25) is 5.95 Å². The molecule has 2 heterocycles. The average molecular weight is 482 g/mol. The Balaban J connectivity index is 1.67. The Hall–Kier alpha value is -1.95. The lowest BCUT2D eigenvalue weighted by Crippen LogP contribution is -2.52. The molecule has 0 bridgehead atoms. The predicted molar refractivity (Wildman–Crippen MR) is 122 cm³/mol. The summed E-state index contributed by atoms with van der Waals surface area (Å²) in [4.78, 5) is 13.5. The van der Waals surface area contributed by atoms with E-state index in [2.05, 4.69) is 25.6 Å². The molecular formula is C21H25ClFN5O3S. The van der Waals surface area contributed by atoms with Gasteiger partial charge >= 0.3 is 0 Å². The Morgan fingerprint density at radius 3 is 2.78 bits per heavy atom. The first-order valence-electron chi connectivity index (χ1n) is 10.4. The van der Waals surface area contributed by atoms with Gasteiger partial charge in [-0.1, -0.05) is 23.7 Å². The predicted octanol–water partition coefficient (Wildman–Crippen LogP) is 2.72. The van der Waals surface area contributed by atoms with Crippen molar-refractivity contribution < 1.29 is 19.7 Å². The Morgan fingerprint density at radius 1 is 1.25 bits per heavy atom. The Labute approximate surface area is 193 Å². The zero-order chi connectivity index (χ0) is 22.7. The van der Waals surface area contributed by atoms with Gasteiger partial charge in [-0.15, -0.1) is 11.3 Å². The molecule has 0 amide bonds. The minimum atomic E-state index is -1.56. The van der Waals surface area contributed by atoms with Crippen molar-refractivity contribution in [1.82, 2.24) is 20.3 Å². The number of thiazole rings is 1. The second-order valence-electron chi connectivity index (χ2n) is 7.82. The van der Waals surface area contributed by atoms with Crippen LogP contribution in [0, 0.1) is 5.92 Å². The Bertz CT molecular complexity index is 1050. The standard InChI is InChI=1S/C21H25ClFN5O3S/c22-18-16(19-26-13-4-1-2-5-15(13)32-19)14(27-20(28-18)24-9-3-8-23)10-25-21(31)7-6-12(11-29)17(21)30/h1-2,4-5,12,17,25,29-31H,3,6-11H2,(H,24,27,28). The van der Waals surface area contributed by atoms with Gasteiger partial charge in [0, 0.05) is 25.6 Å². The van der Waals surface area contributed by atoms with E-state index in [1.54, 1.807) is 0 Å². The molecule has 11 heteroatoms. The summed E-state index contributed by atoms with van der Waals surface area (Å²) in [5.41, 5.74) is 0.284. The number of para-hydroxylation sites is 1. The van der Waals surface area contributed by atoms with Crippen molar-refractivity contribution in [2.75, 3.05) is 25.1 Å². The van der Waals surface area contributed by atoms with Gasteiger partial charge in [0.15, 0.2) is 0 Å². The lowest BCUT2D eigenvalue weighted by Gasteiger charge is -2.29. The number of alkyl halides is 1. The van der Waals surface area contributed by atoms with Gasteiger partial charge in [-0.3, -0.25) is 9.71 Å². The number of aliphatic hydroxyl groups excluding tert-OH is 2. The van der Waals surface area contributed by atoms with Crippen molar-refractivity contribution in [1.29, 1.82) is 0 Å². The van der Waals surface area contributed by atoms with E-state index < -0.39 is 24.4 Å². The molecule has 1 aliphatic carbocycles. The highest BCUT2D eigenvalue weighted by Crippen LogP contribution is 2.37. The van der Waals surface area contributed by atoms with Crippen LogP contribution in [-0.4, -0.2) is 61.9 Å². The summed E-state index contributed by atoms with van der Waals surface area (Å²) in [6, 6.07) is 7.69. The largest absolute Gasteiger partial charge is 0.396 e. The highest BCUT2D eigenvalue weighted by atomic mass is 35.5. The minimum absolute atomic E-state index is 0.0804.